The fourth-order valence-corrected chi connectivity index (χ4v) is 3.87. The van der Waals surface area contributed by atoms with E-state index in [9.17, 15) is 14.4 Å². The van der Waals surface area contributed by atoms with Crippen LogP contribution in [0.25, 0.3) is 11.0 Å². The van der Waals surface area contributed by atoms with Crippen LogP contribution in [-0.2, 0) is 14.1 Å². The fraction of sp³-hybridized carbons (Fsp3) is 0.333. The molecule has 29 heavy (non-hydrogen) atoms. The third-order valence-electron chi connectivity index (χ3n) is 5.57. The molecule has 2 aromatic heterocycles. The van der Waals surface area contributed by atoms with Gasteiger partial charge in [0.1, 0.15) is 5.65 Å². The monoisotopic (exact) mass is 393 g/mol. The molecule has 1 amide bonds. The van der Waals surface area contributed by atoms with Crippen molar-refractivity contribution in [1.82, 2.24) is 23.9 Å². The zero-order valence-corrected chi connectivity index (χ0v) is 16.7. The van der Waals surface area contributed by atoms with E-state index in [4.69, 9.17) is 0 Å². The first-order valence-electron chi connectivity index (χ1n) is 9.48. The topological polar surface area (TPSA) is 80.4 Å². The normalized spacial score (nSPS) is 17.6. The van der Waals surface area contributed by atoms with Crippen molar-refractivity contribution >= 4 is 16.9 Å². The first-order chi connectivity index (χ1) is 13.9. The van der Waals surface area contributed by atoms with Crippen LogP contribution in [0, 0.1) is 0 Å². The largest absolute Gasteiger partial charge is 0.332 e. The predicted molar refractivity (Wildman–Crippen MR) is 110 cm³/mol. The van der Waals surface area contributed by atoms with Crippen molar-refractivity contribution in [1.29, 1.82) is 0 Å². The van der Waals surface area contributed by atoms with Crippen molar-refractivity contribution < 1.29 is 4.79 Å². The van der Waals surface area contributed by atoms with E-state index in [-0.39, 0.29) is 23.0 Å². The first-order valence-corrected chi connectivity index (χ1v) is 9.48. The van der Waals surface area contributed by atoms with E-state index in [1.165, 1.54) is 17.8 Å². The van der Waals surface area contributed by atoms with E-state index >= 15 is 0 Å². The van der Waals surface area contributed by atoms with Gasteiger partial charge in [-0.25, -0.2) is 9.78 Å². The number of hydrogen-bond donors (Lipinski definition) is 0. The molecule has 4 rings (SSSR count). The third kappa shape index (κ3) is 3.25. The summed E-state index contributed by atoms with van der Waals surface area (Å²) in [7, 11) is 5.02. The maximum atomic E-state index is 13.4. The number of piperazine rings is 1. The molecule has 1 saturated heterocycles. The summed E-state index contributed by atoms with van der Waals surface area (Å²) in [4.78, 5) is 46.3. The lowest BCUT2D eigenvalue weighted by atomic mass is 10.0. The van der Waals surface area contributed by atoms with Crippen LogP contribution in [-0.4, -0.2) is 56.5 Å². The zero-order chi connectivity index (χ0) is 20.7. The summed E-state index contributed by atoms with van der Waals surface area (Å²) in [5.41, 5.74) is 0.784. The maximum absolute atomic E-state index is 13.4. The molecule has 150 valence electrons. The quantitative estimate of drug-likeness (QED) is 0.642. The van der Waals surface area contributed by atoms with Crippen molar-refractivity contribution in [2.24, 2.45) is 14.1 Å². The Labute approximate surface area is 167 Å². The highest BCUT2D eigenvalue weighted by Crippen LogP contribution is 2.26. The van der Waals surface area contributed by atoms with E-state index in [1.54, 1.807) is 13.1 Å². The number of likely N-dealkylation sites (N-methyl/N-ethyl adjacent to an activating group) is 1. The molecule has 8 heteroatoms. The number of benzene rings is 1. The fourth-order valence-electron chi connectivity index (χ4n) is 3.87. The van der Waals surface area contributed by atoms with Gasteiger partial charge >= 0.3 is 5.69 Å². The van der Waals surface area contributed by atoms with E-state index in [1.807, 2.05) is 42.3 Å². The average Bonchev–Trinajstić information content (AvgIpc) is 2.76. The zero-order valence-electron chi connectivity index (χ0n) is 16.7. The van der Waals surface area contributed by atoms with Crippen molar-refractivity contribution in [2.45, 2.75) is 6.04 Å². The summed E-state index contributed by atoms with van der Waals surface area (Å²) in [5.74, 6) is -0.169. The van der Waals surface area contributed by atoms with Crippen LogP contribution < -0.4 is 11.2 Å². The minimum absolute atomic E-state index is 0.0823. The minimum Gasteiger partial charge on any atom is -0.329 e. The van der Waals surface area contributed by atoms with Gasteiger partial charge in [-0.3, -0.25) is 18.7 Å². The van der Waals surface area contributed by atoms with Crippen LogP contribution in [0.2, 0.25) is 0 Å². The Morgan fingerprint density at radius 1 is 1.03 bits per heavy atom. The SMILES string of the molecule is CN1CCN(C(=O)c2cnc3c(c2)c(=O)n(C)c(=O)n3C)[C@H](c2ccccc2)C1. The molecule has 3 aromatic rings. The van der Waals surface area contributed by atoms with Gasteiger partial charge in [0.2, 0.25) is 0 Å². The van der Waals surface area contributed by atoms with Gasteiger partial charge in [0.25, 0.3) is 11.5 Å². The second-order valence-corrected chi connectivity index (χ2v) is 7.49. The Kier molecular flexibility index (Phi) is 4.79. The number of nitrogens with zero attached hydrogens (tertiary/aromatic N) is 5. The van der Waals surface area contributed by atoms with Crippen LogP contribution in [0.1, 0.15) is 22.0 Å². The average molecular weight is 393 g/mol. The second-order valence-electron chi connectivity index (χ2n) is 7.49. The highest BCUT2D eigenvalue weighted by Gasteiger charge is 2.31. The Morgan fingerprint density at radius 2 is 1.76 bits per heavy atom. The van der Waals surface area contributed by atoms with Crippen molar-refractivity contribution in [3.8, 4) is 0 Å². The molecular weight excluding hydrogens is 370 g/mol. The number of hydrogen-bond acceptors (Lipinski definition) is 5. The van der Waals surface area contributed by atoms with E-state index < -0.39 is 11.2 Å². The summed E-state index contributed by atoms with van der Waals surface area (Å²) in [6, 6.07) is 11.4. The van der Waals surface area contributed by atoms with Crippen LogP contribution in [0.3, 0.4) is 0 Å². The number of fused-ring (bicyclic) bond motifs is 1. The number of carbonyl (C=O) groups is 1. The maximum Gasteiger partial charge on any atom is 0.332 e. The lowest BCUT2D eigenvalue weighted by Gasteiger charge is -2.40. The van der Waals surface area contributed by atoms with Gasteiger partial charge in [-0.15, -0.1) is 0 Å². The number of pyridine rings is 1. The predicted octanol–water partition coefficient (Wildman–Crippen LogP) is 0.761. The molecule has 0 spiro atoms. The molecule has 1 aliphatic rings. The molecule has 0 saturated carbocycles. The van der Waals surface area contributed by atoms with E-state index in [0.717, 1.165) is 23.2 Å². The number of carbonyl (C=O) groups excluding carboxylic acids is 1. The van der Waals surface area contributed by atoms with Crippen LogP contribution in [0.4, 0.5) is 0 Å². The number of aryl methyl sites for hydroxylation is 1. The highest BCUT2D eigenvalue weighted by atomic mass is 16.2. The third-order valence-corrected chi connectivity index (χ3v) is 5.57. The van der Waals surface area contributed by atoms with Crippen LogP contribution in [0.5, 0.6) is 0 Å². The molecule has 1 fully saturated rings. The lowest BCUT2D eigenvalue weighted by Crippen LogP contribution is -2.49. The van der Waals surface area contributed by atoms with Crippen molar-refractivity contribution in [3.63, 3.8) is 0 Å². The molecule has 1 aliphatic heterocycles. The molecule has 3 heterocycles. The second kappa shape index (κ2) is 7.29. The molecule has 0 unspecified atom stereocenters. The van der Waals surface area contributed by atoms with Gasteiger partial charge in [0.05, 0.1) is 17.0 Å². The lowest BCUT2D eigenvalue weighted by molar-refractivity contribution is 0.0498. The Hall–Kier alpha value is -3.26. The summed E-state index contributed by atoms with van der Waals surface area (Å²) < 4.78 is 2.34. The Morgan fingerprint density at radius 3 is 2.48 bits per heavy atom. The molecule has 0 radical (unpaired) electrons. The molecule has 1 aromatic carbocycles. The van der Waals surface area contributed by atoms with Gasteiger partial charge < -0.3 is 9.80 Å². The number of rotatable bonds is 2. The smallest absolute Gasteiger partial charge is 0.329 e. The summed E-state index contributed by atoms with van der Waals surface area (Å²) >= 11 is 0. The molecule has 0 aliphatic carbocycles. The van der Waals surface area contributed by atoms with Crippen LogP contribution >= 0.6 is 0 Å². The molecular formula is C21H23N5O3. The van der Waals surface area contributed by atoms with Gasteiger partial charge in [0, 0.05) is 39.9 Å². The van der Waals surface area contributed by atoms with Gasteiger partial charge in [-0.2, -0.15) is 0 Å². The van der Waals surface area contributed by atoms with Crippen LogP contribution in [0.15, 0.2) is 52.2 Å². The van der Waals surface area contributed by atoms with Gasteiger partial charge in [-0.05, 0) is 18.7 Å². The van der Waals surface area contributed by atoms with Gasteiger partial charge in [-0.1, -0.05) is 30.3 Å². The summed E-state index contributed by atoms with van der Waals surface area (Å²) in [6.45, 7) is 2.08. The Bertz CT molecular complexity index is 1200. The summed E-state index contributed by atoms with van der Waals surface area (Å²) in [6.07, 6.45) is 1.45. The Balaban J connectivity index is 1.78. The molecule has 0 N–H and O–H groups in total. The molecule has 0 bridgehead atoms. The highest BCUT2D eigenvalue weighted by molar-refractivity contribution is 5.97. The number of amides is 1. The van der Waals surface area contributed by atoms with Crippen molar-refractivity contribution in [3.05, 3.63) is 74.6 Å². The summed E-state index contributed by atoms with van der Waals surface area (Å²) in [5, 5.41) is 0.255. The number of aromatic nitrogens is 3. The molecule has 8 nitrogen and oxygen atoms in total. The van der Waals surface area contributed by atoms with Gasteiger partial charge in [0.15, 0.2) is 0 Å². The van der Waals surface area contributed by atoms with E-state index in [2.05, 4.69) is 9.88 Å². The van der Waals surface area contributed by atoms with Crippen molar-refractivity contribution in [2.75, 3.05) is 26.7 Å². The molecule has 1 atom stereocenters. The first kappa shape index (κ1) is 19.1. The minimum atomic E-state index is -0.455. The van der Waals surface area contributed by atoms with E-state index in [0.29, 0.717) is 12.1 Å². The standard InChI is InChI=1S/C21H23N5O3/c1-23-9-10-26(17(13-23)14-7-5-4-6-8-14)19(27)15-11-16-18(22-12-15)24(2)21(29)25(3)20(16)28/h4-8,11-12,17H,9-10,13H2,1-3H3/t17-/m0/s1.